The van der Waals surface area contributed by atoms with Crippen LogP contribution in [0.1, 0.15) is 12.0 Å². The fraction of sp³-hybridized carbons (Fsp3) is 0.200. The zero-order valence-corrected chi connectivity index (χ0v) is 12.7. The number of carbonyl (C=O) groups is 1. The van der Waals surface area contributed by atoms with Crippen molar-refractivity contribution in [1.82, 2.24) is 4.98 Å². The minimum atomic E-state index is -0.0306. The van der Waals surface area contributed by atoms with Crippen LogP contribution in [0.2, 0.25) is 0 Å². The quantitative estimate of drug-likeness (QED) is 0.852. The van der Waals surface area contributed by atoms with Crippen LogP contribution >= 0.6 is 15.9 Å². The van der Waals surface area contributed by atoms with Crippen LogP contribution in [0, 0.1) is 0 Å². The van der Waals surface area contributed by atoms with E-state index in [1.165, 1.54) is 0 Å². The molecule has 0 atom stereocenters. The molecular formula is C15H15BrN2O2. The van der Waals surface area contributed by atoms with Crippen molar-refractivity contribution in [2.75, 3.05) is 12.4 Å². The van der Waals surface area contributed by atoms with Gasteiger partial charge in [0.2, 0.25) is 5.91 Å². The smallest absolute Gasteiger partial charge is 0.224 e. The number of aryl methyl sites for hydroxylation is 1. The van der Waals surface area contributed by atoms with Gasteiger partial charge in [-0.25, -0.2) is 4.98 Å². The summed E-state index contributed by atoms with van der Waals surface area (Å²) in [6, 6.07) is 11.3. The number of methoxy groups -OCH3 is 1. The van der Waals surface area contributed by atoms with Crippen LogP contribution in [0.3, 0.4) is 0 Å². The van der Waals surface area contributed by atoms with E-state index in [0.29, 0.717) is 18.5 Å². The zero-order valence-electron chi connectivity index (χ0n) is 11.1. The zero-order chi connectivity index (χ0) is 14.4. The summed E-state index contributed by atoms with van der Waals surface area (Å²) in [4.78, 5) is 15.9. The molecule has 2 rings (SSSR count). The number of aromatic nitrogens is 1. The molecule has 0 spiro atoms. The third kappa shape index (κ3) is 4.35. The normalized spacial score (nSPS) is 10.1. The Labute approximate surface area is 126 Å². The molecule has 0 aliphatic heterocycles. The minimum Gasteiger partial charge on any atom is -0.497 e. The molecule has 0 unspecified atom stereocenters. The molecule has 104 valence electrons. The van der Waals surface area contributed by atoms with Crippen molar-refractivity contribution in [3.8, 4) is 5.75 Å². The summed E-state index contributed by atoms with van der Waals surface area (Å²) < 4.78 is 5.90. The summed E-state index contributed by atoms with van der Waals surface area (Å²) in [5.74, 6) is 0.775. The van der Waals surface area contributed by atoms with Gasteiger partial charge < -0.3 is 10.1 Å². The second-order valence-corrected chi connectivity index (χ2v) is 5.08. The summed E-state index contributed by atoms with van der Waals surface area (Å²) >= 11 is 3.25. The molecule has 0 fully saturated rings. The molecule has 0 saturated carbocycles. The lowest BCUT2D eigenvalue weighted by Gasteiger charge is -2.06. The number of halogens is 1. The van der Waals surface area contributed by atoms with E-state index in [0.717, 1.165) is 15.9 Å². The number of hydrogen-bond donors (Lipinski definition) is 1. The third-order valence-corrected chi connectivity index (χ3v) is 3.26. The molecule has 1 amide bonds. The molecular weight excluding hydrogens is 320 g/mol. The number of amides is 1. The van der Waals surface area contributed by atoms with Gasteiger partial charge in [-0.1, -0.05) is 12.1 Å². The molecule has 1 aromatic heterocycles. The number of hydrogen-bond acceptors (Lipinski definition) is 3. The first-order chi connectivity index (χ1) is 9.67. The molecule has 5 heteroatoms. The van der Waals surface area contributed by atoms with E-state index in [9.17, 15) is 4.79 Å². The van der Waals surface area contributed by atoms with Gasteiger partial charge in [0, 0.05) is 6.42 Å². The molecule has 1 heterocycles. The van der Waals surface area contributed by atoms with E-state index in [4.69, 9.17) is 4.74 Å². The Hall–Kier alpha value is -1.88. The van der Waals surface area contributed by atoms with Crippen molar-refractivity contribution in [3.05, 3.63) is 52.8 Å². The lowest BCUT2D eigenvalue weighted by Crippen LogP contribution is -2.12. The first kappa shape index (κ1) is 14.5. The van der Waals surface area contributed by atoms with Gasteiger partial charge in [-0.3, -0.25) is 4.79 Å². The molecule has 0 bridgehead atoms. The Morgan fingerprint density at radius 2 is 2.20 bits per heavy atom. The molecule has 0 saturated heterocycles. The Morgan fingerprint density at radius 3 is 2.90 bits per heavy atom. The summed E-state index contributed by atoms with van der Waals surface area (Å²) in [6.45, 7) is 0. The molecule has 2 aromatic rings. The van der Waals surface area contributed by atoms with Crippen LogP contribution in [0.15, 0.2) is 47.2 Å². The lowest BCUT2D eigenvalue weighted by molar-refractivity contribution is -0.116. The average molecular weight is 335 g/mol. The second-order valence-electron chi connectivity index (χ2n) is 4.27. The largest absolute Gasteiger partial charge is 0.497 e. The van der Waals surface area contributed by atoms with Crippen LogP contribution in [-0.4, -0.2) is 18.0 Å². The number of benzene rings is 1. The van der Waals surface area contributed by atoms with Crippen molar-refractivity contribution in [1.29, 1.82) is 0 Å². The molecule has 0 aliphatic carbocycles. The number of ether oxygens (including phenoxy) is 1. The molecule has 0 radical (unpaired) electrons. The van der Waals surface area contributed by atoms with Crippen LogP contribution in [0.25, 0.3) is 0 Å². The number of carbonyl (C=O) groups excluding carboxylic acids is 1. The van der Waals surface area contributed by atoms with Crippen molar-refractivity contribution < 1.29 is 9.53 Å². The first-order valence-electron chi connectivity index (χ1n) is 6.22. The summed E-state index contributed by atoms with van der Waals surface area (Å²) in [7, 11) is 1.63. The Kier molecular flexibility index (Phi) is 5.12. The van der Waals surface area contributed by atoms with Crippen molar-refractivity contribution in [2.24, 2.45) is 0 Å². The average Bonchev–Trinajstić information content (AvgIpc) is 2.48. The Morgan fingerprint density at radius 1 is 1.35 bits per heavy atom. The van der Waals surface area contributed by atoms with E-state index in [2.05, 4.69) is 26.2 Å². The number of nitrogens with one attached hydrogen (secondary N) is 1. The van der Waals surface area contributed by atoms with Gasteiger partial charge in [-0.05, 0) is 52.2 Å². The van der Waals surface area contributed by atoms with Crippen molar-refractivity contribution in [3.63, 3.8) is 0 Å². The Bertz CT molecular complexity index is 585. The predicted octanol–water partition coefficient (Wildman–Crippen LogP) is 3.42. The highest BCUT2D eigenvalue weighted by Crippen LogP contribution is 2.15. The van der Waals surface area contributed by atoms with E-state index in [-0.39, 0.29) is 5.91 Å². The van der Waals surface area contributed by atoms with Gasteiger partial charge >= 0.3 is 0 Å². The van der Waals surface area contributed by atoms with Crippen LogP contribution < -0.4 is 10.1 Å². The van der Waals surface area contributed by atoms with Crippen LogP contribution in [-0.2, 0) is 11.2 Å². The maximum Gasteiger partial charge on any atom is 0.224 e. The highest BCUT2D eigenvalue weighted by molar-refractivity contribution is 9.10. The molecule has 1 aromatic carbocycles. The molecule has 20 heavy (non-hydrogen) atoms. The van der Waals surface area contributed by atoms with E-state index in [1.54, 1.807) is 25.4 Å². The second kappa shape index (κ2) is 7.05. The number of rotatable bonds is 5. The molecule has 0 aliphatic rings. The number of pyridine rings is 1. The molecule has 4 nitrogen and oxygen atoms in total. The van der Waals surface area contributed by atoms with Gasteiger partial charge in [-0.2, -0.15) is 0 Å². The van der Waals surface area contributed by atoms with Crippen LogP contribution in [0.4, 0.5) is 5.69 Å². The highest BCUT2D eigenvalue weighted by atomic mass is 79.9. The van der Waals surface area contributed by atoms with Gasteiger partial charge in [0.1, 0.15) is 10.4 Å². The van der Waals surface area contributed by atoms with E-state index >= 15 is 0 Å². The van der Waals surface area contributed by atoms with Crippen molar-refractivity contribution >= 4 is 27.5 Å². The van der Waals surface area contributed by atoms with Gasteiger partial charge in [0.25, 0.3) is 0 Å². The predicted molar refractivity (Wildman–Crippen MR) is 81.9 cm³/mol. The van der Waals surface area contributed by atoms with Gasteiger partial charge in [0.05, 0.1) is 19.0 Å². The number of anilines is 1. The standard InChI is InChI=1S/C15H15BrN2O2/c1-20-13-4-2-3-11(9-13)5-8-15(19)18-12-6-7-14(16)17-10-12/h2-4,6-7,9-10H,5,8H2,1H3,(H,18,19). The monoisotopic (exact) mass is 334 g/mol. The summed E-state index contributed by atoms with van der Waals surface area (Å²) in [5.41, 5.74) is 1.78. The maximum atomic E-state index is 11.8. The van der Waals surface area contributed by atoms with Gasteiger partial charge in [-0.15, -0.1) is 0 Å². The fourth-order valence-corrected chi connectivity index (χ4v) is 1.99. The topological polar surface area (TPSA) is 51.2 Å². The molecule has 1 N–H and O–H groups in total. The minimum absolute atomic E-state index is 0.0306. The first-order valence-corrected chi connectivity index (χ1v) is 7.01. The lowest BCUT2D eigenvalue weighted by atomic mass is 10.1. The van der Waals surface area contributed by atoms with E-state index in [1.807, 2.05) is 24.3 Å². The van der Waals surface area contributed by atoms with Gasteiger partial charge in [0.15, 0.2) is 0 Å². The van der Waals surface area contributed by atoms with Crippen LogP contribution in [0.5, 0.6) is 5.75 Å². The highest BCUT2D eigenvalue weighted by Gasteiger charge is 2.04. The summed E-state index contributed by atoms with van der Waals surface area (Å²) in [5, 5.41) is 2.81. The Balaban J connectivity index is 1.87. The number of nitrogens with zero attached hydrogens (tertiary/aromatic N) is 1. The van der Waals surface area contributed by atoms with E-state index < -0.39 is 0 Å². The maximum absolute atomic E-state index is 11.8. The summed E-state index contributed by atoms with van der Waals surface area (Å²) in [6.07, 6.45) is 2.71. The van der Waals surface area contributed by atoms with Crippen molar-refractivity contribution in [2.45, 2.75) is 12.8 Å². The fourth-order valence-electron chi connectivity index (χ4n) is 1.76. The SMILES string of the molecule is COc1cccc(CCC(=O)Nc2ccc(Br)nc2)c1. The third-order valence-electron chi connectivity index (χ3n) is 2.79.